The third kappa shape index (κ3) is 5.19. The summed E-state index contributed by atoms with van der Waals surface area (Å²) in [6.07, 6.45) is 0.540. The Hall–Kier alpha value is -0.870. The van der Waals surface area contributed by atoms with E-state index < -0.39 is 0 Å². The second-order valence-corrected chi connectivity index (χ2v) is 6.46. The molecule has 0 aliphatic rings. The number of amides is 1. The number of thiophene rings is 1. The zero-order valence-electron chi connectivity index (χ0n) is 11.7. The molecule has 0 unspecified atom stereocenters. The summed E-state index contributed by atoms with van der Waals surface area (Å²) in [5.74, 6) is 0.117. The van der Waals surface area contributed by atoms with Gasteiger partial charge in [0.15, 0.2) is 0 Å². The smallest absolute Gasteiger partial charge is 0.221 e. The largest absolute Gasteiger partial charge is 0.354 e. The van der Waals surface area contributed by atoms with Gasteiger partial charge in [-0.15, -0.1) is 11.3 Å². The number of carbonyl (C=O) groups excluding carboxylic acids is 1. The van der Waals surface area contributed by atoms with E-state index in [4.69, 9.17) is 0 Å². The number of rotatable bonds is 7. The standard InChI is InChI=1S/C14H24N2OS/c1-11(2)16-13(17)7-8-15-10-14(3,4)12-6-5-9-18-12/h5-6,9,11,15H,7-8,10H2,1-4H3,(H,16,17). The Kier molecular flexibility index (Phi) is 5.82. The van der Waals surface area contributed by atoms with E-state index in [1.54, 1.807) is 11.3 Å². The second-order valence-electron chi connectivity index (χ2n) is 5.51. The van der Waals surface area contributed by atoms with Gasteiger partial charge in [-0.3, -0.25) is 4.79 Å². The molecule has 0 aromatic carbocycles. The normalized spacial score (nSPS) is 11.8. The van der Waals surface area contributed by atoms with Crippen molar-refractivity contribution >= 4 is 17.2 Å². The Morgan fingerprint density at radius 1 is 1.44 bits per heavy atom. The van der Waals surface area contributed by atoms with Crippen LogP contribution in [0.3, 0.4) is 0 Å². The molecular weight excluding hydrogens is 244 g/mol. The van der Waals surface area contributed by atoms with Gasteiger partial charge in [0, 0.05) is 35.8 Å². The van der Waals surface area contributed by atoms with Crippen molar-refractivity contribution in [2.45, 2.75) is 45.6 Å². The first kappa shape index (κ1) is 15.2. The molecule has 0 fully saturated rings. The monoisotopic (exact) mass is 268 g/mol. The zero-order valence-corrected chi connectivity index (χ0v) is 12.6. The first-order chi connectivity index (χ1) is 8.42. The molecule has 0 spiro atoms. The highest BCUT2D eigenvalue weighted by atomic mass is 32.1. The molecule has 102 valence electrons. The highest BCUT2D eigenvalue weighted by Gasteiger charge is 2.20. The summed E-state index contributed by atoms with van der Waals surface area (Å²) in [4.78, 5) is 12.8. The van der Waals surface area contributed by atoms with Gasteiger partial charge >= 0.3 is 0 Å². The van der Waals surface area contributed by atoms with Gasteiger partial charge in [0.05, 0.1) is 0 Å². The van der Waals surface area contributed by atoms with Crippen LogP contribution in [0.5, 0.6) is 0 Å². The fourth-order valence-corrected chi connectivity index (χ4v) is 2.60. The van der Waals surface area contributed by atoms with Crippen LogP contribution in [0, 0.1) is 0 Å². The van der Waals surface area contributed by atoms with Gasteiger partial charge < -0.3 is 10.6 Å². The molecule has 0 aliphatic carbocycles. The molecule has 2 N–H and O–H groups in total. The minimum atomic E-state index is 0.117. The maximum Gasteiger partial charge on any atom is 0.221 e. The minimum Gasteiger partial charge on any atom is -0.354 e. The predicted molar refractivity (Wildman–Crippen MR) is 78.1 cm³/mol. The first-order valence-corrected chi connectivity index (χ1v) is 7.34. The molecule has 1 aromatic rings. The van der Waals surface area contributed by atoms with Crippen LogP contribution in [0.15, 0.2) is 17.5 Å². The Morgan fingerprint density at radius 3 is 2.72 bits per heavy atom. The van der Waals surface area contributed by atoms with Crippen molar-refractivity contribution in [1.29, 1.82) is 0 Å². The van der Waals surface area contributed by atoms with Crippen LogP contribution in [0.4, 0.5) is 0 Å². The van der Waals surface area contributed by atoms with E-state index in [2.05, 4.69) is 42.0 Å². The molecule has 0 saturated heterocycles. The zero-order chi connectivity index (χ0) is 13.6. The Bertz CT molecular complexity index is 358. The van der Waals surface area contributed by atoms with Gasteiger partial charge in [0.25, 0.3) is 0 Å². The molecule has 1 amide bonds. The van der Waals surface area contributed by atoms with Crippen molar-refractivity contribution in [3.63, 3.8) is 0 Å². The average Bonchev–Trinajstić information content (AvgIpc) is 2.77. The molecule has 18 heavy (non-hydrogen) atoms. The van der Waals surface area contributed by atoms with Crippen molar-refractivity contribution in [3.05, 3.63) is 22.4 Å². The van der Waals surface area contributed by atoms with Crippen molar-refractivity contribution in [2.75, 3.05) is 13.1 Å². The highest BCUT2D eigenvalue weighted by molar-refractivity contribution is 7.10. The van der Waals surface area contributed by atoms with E-state index in [1.165, 1.54) is 4.88 Å². The first-order valence-electron chi connectivity index (χ1n) is 6.46. The van der Waals surface area contributed by atoms with E-state index in [-0.39, 0.29) is 17.4 Å². The van der Waals surface area contributed by atoms with Crippen LogP contribution in [0.2, 0.25) is 0 Å². The van der Waals surface area contributed by atoms with Gasteiger partial charge in [-0.25, -0.2) is 0 Å². The number of hydrogen-bond donors (Lipinski definition) is 2. The van der Waals surface area contributed by atoms with Crippen LogP contribution in [-0.4, -0.2) is 25.0 Å². The molecule has 0 bridgehead atoms. The van der Waals surface area contributed by atoms with Crippen molar-refractivity contribution in [1.82, 2.24) is 10.6 Å². The highest BCUT2D eigenvalue weighted by Crippen LogP contribution is 2.26. The lowest BCUT2D eigenvalue weighted by Crippen LogP contribution is -2.36. The quantitative estimate of drug-likeness (QED) is 0.746. The molecule has 1 rings (SSSR count). The lowest BCUT2D eigenvalue weighted by molar-refractivity contribution is -0.121. The van der Waals surface area contributed by atoms with Crippen LogP contribution in [0.1, 0.15) is 39.0 Å². The molecule has 0 saturated carbocycles. The lowest BCUT2D eigenvalue weighted by atomic mass is 9.91. The molecule has 1 heterocycles. The molecular formula is C14H24N2OS. The summed E-state index contributed by atoms with van der Waals surface area (Å²) in [7, 11) is 0. The van der Waals surface area contributed by atoms with Gasteiger partial charge in [-0.1, -0.05) is 19.9 Å². The number of hydrogen-bond acceptors (Lipinski definition) is 3. The lowest BCUT2D eigenvalue weighted by Gasteiger charge is -2.23. The van der Waals surface area contributed by atoms with Crippen molar-refractivity contribution in [2.24, 2.45) is 0 Å². The van der Waals surface area contributed by atoms with Crippen LogP contribution in [0.25, 0.3) is 0 Å². The molecule has 0 aliphatic heterocycles. The fourth-order valence-electron chi connectivity index (χ4n) is 1.75. The van der Waals surface area contributed by atoms with E-state index in [0.29, 0.717) is 6.42 Å². The summed E-state index contributed by atoms with van der Waals surface area (Å²) in [6.45, 7) is 10.0. The van der Waals surface area contributed by atoms with Crippen LogP contribution >= 0.6 is 11.3 Å². The second kappa shape index (κ2) is 6.90. The van der Waals surface area contributed by atoms with E-state index in [9.17, 15) is 4.79 Å². The van der Waals surface area contributed by atoms with E-state index in [0.717, 1.165) is 13.1 Å². The van der Waals surface area contributed by atoms with E-state index >= 15 is 0 Å². The van der Waals surface area contributed by atoms with Crippen molar-refractivity contribution in [3.8, 4) is 0 Å². The molecule has 4 heteroatoms. The third-order valence-corrected chi connectivity index (χ3v) is 3.97. The van der Waals surface area contributed by atoms with Crippen LogP contribution < -0.4 is 10.6 Å². The molecule has 0 radical (unpaired) electrons. The summed E-state index contributed by atoms with van der Waals surface area (Å²) in [5, 5.41) is 8.36. The van der Waals surface area contributed by atoms with Gasteiger partial charge in [0.1, 0.15) is 0 Å². The average molecular weight is 268 g/mol. The summed E-state index contributed by atoms with van der Waals surface area (Å²) in [5.41, 5.74) is 0.128. The van der Waals surface area contributed by atoms with Crippen LogP contribution in [-0.2, 0) is 10.2 Å². The number of carbonyl (C=O) groups is 1. The SMILES string of the molecule is CC(C)NC(=O)CCNCC(C)(C)c1cccs1. The molecule has 0 atom stereocenters. The molecule has 1 aromatic heterocycles. The maximum absolute atomic E-state index is 11.5. The summed E-state index contributed by atoms with van der Waals surface area (Å²) >= 11 is 1.78. The van der Waals surface area contributed by atoms with Gasteiger partial charge in [0.2, 0.25) is 5.91 Å². The summed E-state index contributed by atoms with van der Waals surface area (Å²) < 4.78 is 0. The molecule has 3 nitrogen and oxygen atoms in total. The Morgan fingerprint density at radius 2 is 2.17 bits per heavy atom. The maximum atomic E-state index is 11.5. The predicted octanol–water partition coefficient (Wildman–Crippen LogP) is 2.53. The Balaban J connectivity index is 2.24. The van der Waals surface area contributed by atoms with E-state index in [1.807, 2.05) is 13.8 Å². The van der Waals surface area contributed by atoms with Gasteiger partial charge in [-0.2, -0.15) is 0 Å². The third-order valence-electron chi connectivity index (χ3n) is 2.73. The van der Waals surface area contributed by atoms with Crippen molar-refractivity contribution < 1.29 is 4.79 Å². The topological polar surface area (TPSA) is 41.1 Å². The Labute approximate surface area is 114 Å². The number of nitrogens with one attached hydrogen (secondary N) is 2. The fraction of sp³-hybridized carbons (Fsp3) is 0.643. The summed E-state index contributed by atoms with van der Waals surface area (Å²) in [6, 6.07) is 4.47. The van der Waals surface area contributed by atoms with Gasteiger partial charge in [-0.05, 0) is 25.3 Å². The minimum absolute atomic E-state index is 0.117.